The van der Waals surface area contributed by atoms with Crippen LogP contribution in [0.15, 0.2) is 41.6 Å². The number of amides is 5. The molecule has 5 rings (SSSR count). The summed E-state index contributed by atoms with van der Waals surface area (Å²) in [6.07, 6.45) is 8.14. The number of nitrogens with zero attached hydrogens (tertiary/aromatic N) is 2. The van der Waals surface area contributed by atoms with Crippen LogP contribution in [0, 0.1) is 5.92 Å². The van der Waals surface area contributed by atoms with Gasteiger partial charge in [-0.05, 0) is 82.4 Å². The summed E-state index contributed by atoms with van der Waals surface area (Å²) in [7, 11) is 3.63. The highest BCUT2D eigenvalue weighted by atomic mass is 16.5. The first kappa shape index (κ1) is 26.0. The Morgan fingerprint density at radius 1 is 1.16 bits per heavy atom. The van der Waals surface area contributed by atoms with Gasteiger partial charge in [-0.25, -0.2) is 4.79 Å². The molecule has 3 heterocycles. The standard InChI is InChI=1S/C28H35N5O5/c1-32-13-10-19(11-14-32)24(34)29-21-6-3-18(4-7-21)9-12-28(26(36)30-27(37)31-28)17-33-16-20-5-8-22(38-2)15-23(20)25(33)35/h3,5-6,8,15,19H,4,7,9-14,16-17H2,1-2H3,(H,29,34)(H2,30,31,36,37). The quantitative estimate of drug-likeness (QED) is 0.451. The van der Waals surface area contributed by atoms with E-state index in [1.807, 2.05) is 24.3 Å². The number of hydrogen-bond acceptors (Lipinski definition) is 6. The van der Waals surface area contributed by atoms with Gasteiger partial charge in [-0.2, -0.15) is 0 Å². The van der Waals surface area contributed by atoms with E-state index in [0.29, 0.717) is 30.7 Å². The van der Waals surface area contributed by atoms with Gasteiger partial charge >= 0.3 is 6.03 Å². The molecule has 1 atom stereocenters. The van der Waals surface area contributed by atoms with Crippen LogP contribution in [0.5, 0.6) is 5.75 Å². The van der Waals surface area contributed by atoms with Crippen molar-refractivity contribution in [2.45, 2.75) is 50.6 Å². The molecule has 3 aliphatic heterocycles. The summed E-state index contributed by atoms with van der Waals surface area (Å²) in [6.45, 7) is 2.34. The summed E-state index contributed by atoms with van der Waals surface area (Å²) < 4.78 is 5.25. The third-order valence-corrected chi connectivity index (χ3v) is 8.15. The molecular weight excluding hydrogens is 486 g/mol. The van der Waals surface area contributed by atoms with Crippen molar-refractivity contribution in [1.29, 1.82) is 0 Å². The third-order valence-electron chi connectivity index (χ3n) is 8.15. The number of methoxy groups -OCH3 is 1. The number of urea groups is 1. The van der Waals surface area contributed by atoms with Crippen molar-refractivity contribution >= 4 is 23.8 Å². The third kappa shape index (κ3) is 5.31. The van der Waals surface area contributed by atoms with Crippen LogP contribution in [-0.4, -0.2) is 72.9 Å². The molecule has 5 amide bonds. The summed E-state index contributed by atoms with van der Waals surface area (Å²) >= 11 is 0. The zero-order chi connectivity index (χ0) is 26.9. The van der Waals surface area contributed by atoms with Crippen LogP contribution in [0.3, 0.4) is 0 Å². The summed E-state index contributed by atoms with van der Waals surface area (Å²) in [6, 6.07) is 4.83. The zero-order valence-electron chi connectivity index (χ0n) is 22.0. The predicted octanol–water partition coefficient (Wildman–Crippen LogP) is 2.07. The Labute approximate surface area is 222 Å². The molecule has 4 aliphatic rings. The van der Waals surface area contributed by atoms with E-state index in [1.54, 1.807) is 18.1 Å². The SMILES string of the molecule is COc1ccc2c(c1)C(=O)N(CC1(CCC3=CC=C(NC(=O)C4CCN(C)CC4)CC3)NC(=O)NC1=O)C2. The zero-order valence-corrected chi connectivity index (χ0v) is 22.0. The molecule has 1 aliphatic carbocycles. The monoisotopic (exact) mass is 521 g/mol. The van der Waals surface area contributed by atoms with Crippen molar-refractivity contribution in [3.8, 4) is 5.75 Å². The van der Waals surface area contributed by atoms with Crippen molar-refractivity contribution in [2.24, 2.45) is 5.92 Å². The first-order valence-corrected chi connectivity index (χ1v) is 13.2. The van der Waals surface area contributed by atoms with Gasteiger partial charge in [0.05, 0.1) is 13.7 Å². The Hall–Kier alpha value is -3.66. The molecule has 10 nitrogen and oxygen atoms in total. The van der Waals surface area contributed by atoms with Gasteiger partial charge in [0.1, 0.15) is 11.3 Å². The minimum absolute atomic E-state index is 0.0577. The first-order valence-electron chi connectivity index (χ1n) is 13.2. The molecule has 3 N–H and O–H groups in total. The van der Waals surface area contributed by atoms with E-state index < -0.39 is 17.5 Å². The summed E-state index contributed by atoms with van der Waals surface area (Å²) in [5, 5.41) is 8.26. The highest BCUT2D eigenvalue weighted by molar-refractivity contribution is 6.08. The van der Waals surface area contributed by atoms with Crippen molar-refractivity contribution in [2.75, 3.05) is 33.8 Å². The van der Waals surface area contributed by atoms with Gasteiger partial charge in [0.2, 0.25) is 5.91 Å². The number of hydrogen-bond donors (Lipinski definition) is 3. The number of carbonyl (C=O) groups excluding carboxylic acids is 4. The van der Waals surface area contributed by atoms with Gasteiger partial charge in [0.15, 0.2) is 0 Å². The van der Waals surface area contributed by atoms with Gasteiger partial charge in [0, 0.05) is 23.7 Å². The number of piperidine rings is 1. The maximum atomic E-state index is 13.1. The fourth-order valence-corrected chi connectivity index (χ4v) is 5.71. The lowest BCUT2D eigenvalue weighted by atomic mass is 9.88. The molecule has 1 aromatic carbocycles. The highest BCUT2D eigenvalue weighted by Crippen LogP contribution is 2.31. The molecule has 10 heteroatoms. The van der Waals surface area contributed by atoms with Crippen LogP contribution in [0.1, 0.15) is 54.4 Å². The van der Waals surface area contributed by atoms with Crippen molar-refractivity contribution < 1.29 is 23.9 Å². The fourth-order valence-electron chi connectivity index (χ4n) is 5.71. The van der Waals surface area contributed by atoms with E-state index in [4.69, 9.17) is 4.74 Å². The van der Waals surface area contributed by atoms with Gasteiger partial charge in [0.25, 0.3) is 11.8 Å². The van der Waals surface area contributed by atoms with Gasteiger partial charge in [-0.15, -0.1) is 0 Å². The molecule has 0 bridgehead atoms. The molecule has 1 aromatic rings. The van der Waals surface area contributed by atoms with Gasteiger partial charge in [-0.3, -0.25) is 19.7 Å². The largest absolute Gasteiger partial charge is 0.497 e. The van der Waals surface area contributed by atoms with Crippen LogP contribution < -0.4 is 20.7 Å². The Bertz CT molecular complexity index is 1220. The van der Waals surface area contributed by atoms with E-state index in [9.17, 15) is 19.2 Å². The molecular formula is C28H35N5O5. The number of benzene rings is 1. The highest BCUT2D eigenvalue weighted by Gasteiger charge is 2.48. The Morgan fingerprint density at radius 2 is 1.95 bits per heavy atom. The van der Waals surface area contributed by atoms with Crippen LogP contribution in [0.2, 0.25) is 0 Å². The normalized spacial score (nSPS) is 23.9. The molecule has 0 spiro atoms. The number of likely N-dealkylation sites (tertiary alicyclic amines) is 1. The number of imide groups is 1. The van der Waals surface area contributed by atoms with E-state index in [1.165, 1.54) is 0 Å². The summed E-state index contributed by atoms with van der Waals surface area (Å²) in [5.41, 5.74) is 2.27. The molecule has 1 unspecified atom stereocenters. The second-order valence-corrected chi connectivity index (χ2v) is 10.8. The second-order valence-electron chi connectivity index (χ2n) is 10.8. The maximum Gasteiger partial charge on any atom is 0.322 e. The average molecular weight is 522 g/mol. The van der Waals surface area contributed by atoms with Crippen LogP contribution >= 0.6 is 0 Å². The predicted molar refractivity (Wildman–Crippen MR) is 140 cm³/mol. The average Bonchev–Trinajstić information content (AvgIpc) is 3.37. The Morgan fingerprint density at radius 3 is 2.61 bits per heavy atom. The van der Waals surface area contributed by atoms with Crippen LogP contribution in [0.25, 0.3) is 0 Å². The van der Waals surface area contributed by atoms with Gasteiger partial charge in [-0.1, -0.05) is 17.7 Å². The smallest absolute Gasteiger partial charge is 0.322 e. The first-order chi connectivity index (χ1) is 18.3. The minimum atomic E-state index is -1.20. The molecule has 0 radical (unpaired) electrons. The maximum absolute atomic E-state index is 13.1. The van der Waals surface area contributed by atoms with E-state index in [2.05, 4.69) is 27.9 Å². The number of fused-ring (bicyclic) bond motifs is 1. The topological polar surface area (TPSA) is 120 Å². The molecule has 202 valence electrons. The van der Waals surface area contributed by atoms with Crippen molar-refractivity contribution in [1.82, 2.24) is 25.8 Å². The molecule has 0 saturated carbocycles. The lowest BCUT2D eigenvalue weighted by molar-refractivity contribution is -0.126. The van der Waals surface area contributed by atoms with E-state index in [0.717, 1.165) is 55.6 Å². The number of allylic oxidation sites excluding steroid dienone is 4. The van der Waals surface area contributed by atoms with Crippen LogP contribution in [0.4, 0.5) is 4.79 Å². The van der Waals surface area contributed by atoms with E-state index >= 15 is 0 Å². The number of rotatable bonds is 8. The number of nitrogens with one attached hydrogen (secondary N) is 3. The summed E-state index contributed by atoms with van der Waals surface area (Å²) in [5.74, 6) is 0.153. The van der Waals surface area contributed by atoms with Crippen LogP contribution in [-0.2, 0) is 16.1 Å². The molecule has 38 heavy (non-hydrogen) atoms. The minimum Gasteiger partial charge on any atom is -0.497 e. The van der Waals surface area contributed by atoms with Crippen molar-refractivity contribution in [3.63, 3.8) is 0 Å². The molecule has 2 fully saturated rings. The van der Waals surface area contributed by atoms with E-state index in [-0.39, 0.29) is 24.3 Å². The Kier molecular flexibility index (Phi) is 7.25. The second kappa shape index (κ2) is 10.6. The lowest BCUT2D eigenvalue weighted by Crippen LogP contribution is -2.55. The molecule has 2 saturated heterocycles. The van der Waals surface area contributed by atoms with Crippen molar-refractivity contribution in [3.05, 3.63) is 52.7 Å². The fraction of sp³-hybridized carbons (Fsp3) is 0.500. The number of ether oxygens (including phenoxy) is 1. The Balaban J connectivity index is 1.22. The number of carbonyl (C=O) groups is 4. The van der Waals surface area contributed by atoms with Gasteiger partial charge < -0.3 is 25.2 Å². The summed E-state index contributed by atoms with van der Waals surface area (Å²) in [4.78, 5) is 54.7. The lowest BCUT2D eigenvalue weighted by Gasteiger charge is -2.31. The molecule has 0 aromatic heterocycles.